The quantitative estimate of drug-likeness (QED) is 0.882. The number of aromatic nitrogens is 1. The van der Waals surface area contributed by atoms with Crippen LogP contribution in [-0.4, -0.2) is 17.4 Å². The van der Waals surface area contributed by atoms with Crippen molar-refractivity contribution < 1.29 is 4.79 Å². The van der Waals surface area contributed by atoms with Crippen molar-refractivity contribution in [1.29, 1.82) is 0 Å². The van der Waals surface area contributed by atoms with E-state index in [1.807, 2.05) is 38.1 Å². The normalized spacial score (nSPS) is 10.0. The predicted octanol–water partition coefficient (Wildman–Crippen LogP) is 3.07. The molecule has 4 nitrogen and oxygen atoms in total. The number of aryl methyl sites for hydroxylation is 1. The summed E-state index contributed by atoms with van der Waals surface area (Å²) in [6.07, 6.45) is 0. The van der Waals surface area contributed by atoms with E-state index in [2.05, 4.69) is 15.6 Å². The first-order valence-corrected chi connectivity index (χ1v) is 6.28. The minimum atomic E-state index is -0.152. The number of carbonyl (C=O) groups excluding carboxylic acids is 1. The summed E-state index contributed by atoms with van der Waals surface area (Å²) in [6.45, 7) is 4.78. The molecule has 0 saturated heterocycles. The zero-order valence-electron chi connectivity index (χ0n) is 11.1. The molecule has 0 unspecified atom stereocenters. The van der Waals surface area contributed by atoms with Gasteiger partial charge in [-0.3, -0.25) is 4.79 Å². The van der Waals surface area contributed by atoms with Gasteiger partial charge in [0, 0.05) is 23.5 Å². The number of anilines is 2. The number of nitrogens with zero attached hydrogens (tertiary/aromatic N) is 1. The third-order valence-electron chi connectivity index (χ3n) is 2.66. The molecule has 0 aliphatic carbocycles. The van der Waals surface area contributed by atoms with Crippen LogP contribution in [0.3, 0.4) is 0 Å². The Hall–Kier alpha value is -2.36. The summed E-state index contributed by atoms with van der Waals surface area (Å²) in [7, 11) is 0. The van der Waals surface area contributed by atoms with Crippen LogP contribution in [-0.2, 0) is 0 Å². The average Bonchev–Trinajstić information content (AvgIpc) is 2.40. The highest BCUT2D eigenvalue weighted by Gasteiger charge is 2.06. The Morgan fingerprint density at radius 1 is 1.16 bits per heavy atom. The van der Waals surface area contributed by atoms with Gasteiger partial charge in [-0.2, -0.15) is 0 Å². The van der Waals surface area contributed by atoms with Crippen molar-refractivity contribution in [3.63, 3.8) is 0 Å². The molecule has 0 saturated carbocycles. The van der Waals surface area contributed by atoms with Crippen LogP contribution in [0.25, 0.3) is 0 Å². The van der Waals surface area contributed by atoms with Gasteiger partial charge in [0.1, 0.15) is 5.82 Å². The number of pyridine rings is 1. The molecule has 1 aromatic heterocycles. The second-order valence-corrected chi connectivity index (χ2v) is 4.23. The minimum absolute atomic E-state index is 0.152. The lowest BCUT2D eigenvalue weighted by Gasteiger charge is -2.06. The van der Waals surface area contributed by atoms with Crippen LogP contribution >= 0.6 is 0 Å². The van der Waals surface area contributed by atoms with E-state index in [0.29, 0.717) is 11.4 Å². The lowest BCUT2D eigenvalue weighted by molar-refractivity contribution is 0.102. The van der Waals surface area contributed by atoms with Crippen LogP contribution in [0.1, 0.15) is 23.0 Å². The Morgan fingerprint density at radius 2 is 1.89 bits per heavy atom. The smallest absolute Gasteiger partial charge is 0.256 e. The molecule has 1 amide bonds. The number of rotatable bonds is 4. The highest BCUT2D eigenvalue weighted by molar-refractivity contribution is 6.03. The molecular weight excluding hydrogens is 238 g/mol. The van der Waals surface area contributed by atoms with Crippen LogP contribution < -0.4 is 10.6 Å². The van der Waals surface area contributed by atoms with E-state index in [1.165, 1.54) is 0 Å². The van der Waals surface area contributed by atoms with Gasteiger partial charge in [0.15, 0.2) is 0 Å². The highest BCUT2D eigenvalue weighted by atomic mass is 16.1. The van der Waals surface area contributed by atoms with Gasteiger partial charge in [0.05, 0.1) is 0 Å². The summed E-state index contributed by atoms with van der Waals surface area (Å²) in [5.74, 6) is 0.418. The van der Waals surface area contributed by atoms with Crippen LogP contribution in [0.15, 0.2) is 42.5 Å². The predicted molar refractivity (Wildman–Crippen MR) is 77.5 cm³/mol. The van der Waals surface area contributed by atoms with E-state index in [1.54, 1.807) is 18.2 Å². The summed E-state index contributed by atoms with van der Waals surface area (Å²) >= 11 is 0. The van der Waals surface area contributed by atoms with Gasteiger partial charge in [-0.15, -0.1) is 0 Å². The Kier molecular flexibility index (Phi) is 4.13. The second-order valence-electron chi connectivity index (χ2n) is 4.23. The molecule has 19 heavy (non-hydrogen) atoms. The van der Waals surface area contributed by atoms with E-state index in [9.17, 15) is 4.79 Å². The fourth-order valence-corrected chi connectivity index (χ4v) is 1.74. The minimum Gasteiger partial charge on any atom is -0.385 e. The molecular formula is C15H17N3O. The molecule has 2 N–H and O–H groups in total. The molecule has 1 aromatic carbocycles. The van der Waals surface area contributed by atoms with Crippen LogP contribution in [0.5, 0.6) is 0 Å². The Morgan fingerprint density at radius 3 is 2.53 bits per heavy atom. The second kappa shape index (κ2) is 6.00. The third kappa shape index (κ3) is 3.55. The van der Waals surface area contributed by atoms with Gasteiger partial charge >= 0.3 is 0 Å². The van der Waals surface area contributed by atoms with E-state index in [4.69, 9.17) is 0 Å². The van der Waals surface area contributed by atoms with E-state index in [-0.39, 0.29) is 5.91 Å². The number of amides is 1. The van der Waals surface area contributed by atoms with Crippen molar-refractivity contribution in [2.45, 2.75) is 13.8 Å². The van der Waals surface area contributed by atoms with Crippen LogP contribution in [0, 0.1) is 6.92 Å². The van der Waals surface area contributed by atoms with Gasteiger partial charge in [-0.05, 0) is 50.2 Å². The first-order chi connectivity index (χ1) is 9.19. The molecule has 0 spiro atoms. The van der Waals surface area contributed by atoms with Crippen LogP contribution in [0.2, 0.25) is 0 Å². The lowest BCUT2D eigenvalue weighted by atomic mass is 10.2. The first kappa shape index (κ1) is 13.1. The fourth-order valence-electron chi connectivity index (χ4n) is 1.74. The Labute approximate surface area is 112 Å². The Bertz CT molecular complexity index is 564. The van der Waals surface area contributed by atoms with Crippen molar-refractivity contribution in [3.8, 4) is 0 Å². The molecule has 2 rings (SSSR count). The molecule has 98 valence electrons. The van der Waals surface area contributed by atoms with Crippen molar-refractivity contribution in [3.05, 3.63) is 53.7 Å². The zero-order chi connectivity index (χ0) is 13.7. The maximum Gasteiger partial charge on any atom is 0.256 e. The summed E-state index contributed by atoms with van der Waals surface area (Å²) < 4.78 is 0. The monoisotopic (exact) mass is 255 g/mol. The Balaban J connectivity index is 2.07. The lowest BCUT2D eigenvalue weighted by Crippen LogP contribution is -2.13. The summed E-state index contributed by atoms with van der Waals surface area (Å²) in [5, 5.41) is 5.97. The van der Waals surface area contributed by atoms with E-state index < -0.39 is 0 Å². The third-order valence-corrected chi connectivity index (χ3v) is 2.66. The van der Waals surface area contributed by atoms with E-state index >= 15 is 0 Å². The molecule has 2 aromatic rings. The van der Waals surface area contributed by atoms with Crippen LogP contribution in [0.4, 0.5) is 11.5 Å². The fraction of sp³-hybridized carbons (Fsp3) is 0.200. The number of benzene rings is 1. The molecule has 0 radical (unpaired) electrons. The maximum atomic E-state index is 12.0. The van der Waals surface area contributed by atoms with Gasteiger partial charge in [-0.25, -0.2) is 4.98 Å². The molecule has 0 bridgehead atoms. The molecule has 0 fully saturated rings. The van der Waals surface area contributed by atoms with E-state index in [0.717, 1.165) is 17.9 Å². The molecule has 4 heteroatoms. The molecule has 0 aliphatic heterocycles. The summed E-state index contributed by atoms with van der Waals surface area (Å²) in [4.78, 5) is 16.3. The number of carbonyl (C=O) groups is 1. The molecule has 0 atom stereocenters. The van der Waals surface area contributed by atoms with Crippen molar-refractivity contribution in [2.75, 3.05) is 17.2 Å². The molecule has 1 heterocycles. The van der Waals surface area contributed by atoms with Gasteiger partial charge in [0.2, 0.25) is 0 Å². The maximum absolute atomic E-state index is 12.0. The van der Waals surface area contributed by atoms with Crippen molar-refractivity contribution in [1.82, 2.24) is 4.98 Å². The number of nitrogens with one attached hydrogen (secondary N) is 2. The first-order valence-electron chi connectivity index (χ1n) is 6.28. The van der Waals surface area contributed by atoms with Crippen molar-refractivity contribution >= 4 is 17.4 Å². The largest absolute Gasteiger partial charge is 0.385 e. The summed E-state index contributed by atoms with van der Waals surface area (Å²) in [6, 6.07) is 12.9. The number of hydrogen-bond donors (Lipinski definition) is 2. The summed E-state index contributed by atoms with van der Waals surface area (Å²) in [5.41, 5.74) is 2.50. The van der Waals surface area contributed by atoms with Crippen molar-refractivity contribution in [2.24, 2.45) is 0 Å². The van der Waals surface area contributed by atoms with Gasteiger partial charge < -0.3 is 10.6 Å². The standard InChI is InChI=1S/C15H17N3O/c1-3-16-13-9-7-12(8-10-13)15(19)18-14-6-4-5-11(2)17-14/h4-10,16H,3H2,1-2H3,(H,17,18,19). The highest BCUT2D eigenvalue weighted by Crippen LogP contribution is 2.11. The average molecular weight is 255 g/mol. The number of hydrogen-bond acceptors (Lipinski definition) is 3. The van der Waals surface area contributed by atoms with Gasteiger partial charge in [0.25, 0.3) is 5.91 Å². The SMILES string of the molecule is CCNc1ccc(C(=O)Nc2cccc(C)n2)cc1. The molecule has 0 aliphatic rings. The van der Waals surface area contributed by atoms with Gasteiger partial charge in [-0.1, -0.05) is 6.07 Å². The topological polar surface area (TPSA) is 54.0 Å². The zero-order valence-corrected chi connectivity index (χ0v) is 11.1.